The molecule has 130 valence electrons. The zero-order valence-corrected chi connectivity index (χ0v) is 14.7. The lowest BCUT2D eigenvalue weighted by atomic mass is 10.2. The van der Waals surface area contributed by atoms with Gasteiger partial charge < -0.3 is 9.47 Å². The smallest absolute Gasteiger partial charge is 0.388 e. The molecule has 0 atom stereocenters. The van der Waals surface area contributed by atoms with Gasteiger partial charge >= 0.3 is 6.61 Å². The molecule has 0 fully saturated rings. The third-order valence-corrected chi connectivity index (χ3v) is 4.07. The van der Waals surface area contributed by atoms with Gasteiger partial charge in [0.25, 0.3) is 5.56 Å². The molecule has 0 bridgehead atoms. The van der Waals surface area contributed by atoms with E-state index in [4.69, 9.17) is 4.74 Å². The van der Waals surface area contributed by atoms with Gasteiger partial charge in [-0.1, -0.05) is 28.1 Å². The second kappa shape index (κ2) is 7.18. The predicted molar refractivity (Wildman–Crippen MR) is 92.4 cm³/mol. The summed E-state index contributed by atoms with van der Waals surface area (Å²) < 4.78 is 36.8. The number of alkyl halides is 2. The van der Waals surface area contributed by atoms with Crippen molar-refractivity contribution < 1.29 is 18.3 Å². The fourth-order valence-electron chi connectivity index (χ4n) is 2.41. The number of methoxy groups -OCH3 is 1. The van der Waals surface area contributed by atoms with E-state index < -0.39 is 6.61 Å². The average molecular weight is 411 g/mol. The van der Waals surface area contributed by atoms with E-state index in [2.05, 4.69) is 25.8 Å². The number of halogens is 3. The Morgan fingerprint density at radius 2 is 1.88 bits per heavy atom. The van der Waals surface area contributed by atoms with Crippen LogP contribution in [0.2, 0.25) is 0 Å². The SMILES string of the molecule is COc1ccc(Cn2nc(OC(F)F)c3cc(Br)ccc3c2=O)cc1. The lowest BCUT2D eigenvalue weighted by Crippen LogP contribution is -2.25. The topological polar surface area (TPSA) is 53.4 Å². The molecule has 0 aliphatic heterocycles. The first-order chi connectivity index (χ1) is 12.0. The van der Waals surface area contributed by atoms with Crippen LogP contribution in [0.25, 0.3) is 10.8 Å². The number of aromatic nitrogens is 2. The number of nitrogens with zero attached hydrogens (tertiary/aromatic N) is 2. The van der Waals surface area contributed by atoms with Crippen molar-refractivity contribution in [3.63, 3.8) is 0 Å². The van der Waals surface area contributed by atoms with Crippen LogP contribution in [0.5, 0.6) is 11.6 Å². The number of fused-ring (bicyclic) bond motifs is 1. The molecule has 1 heterocycles. The average Bonchev–Trinajstić information content (AvgIpc) is 2.59. The summed E-state index contributed by atoms with van der Waals surface area (Å²) in [5.41, 5.74) is 0.384. The maximum Gasteiger partial charge on any atom is 0.388 e. The Hall–Kier alpha value is -2.48. The van der Waals surface area contributed by atoms with Crippen molar-refractivity contribution in [2.24, 2.45) is 0 Å². The summed E-state index contributed by atoms with van der Waals surface area (Å²) in [7, 11) is 1.55. The van der Waals surface area contributed by atoms with E-state index in [1.807, 2.05) is 0 Å². The van der Waals surface area contributed by atoms with E-state index in [0.29, 0.717) is 10.2 Å². The molecule has 0 saturated heterocycles. The summed E-state index contributed by atoms with van der Waals surface area (Å²) in [6.07, 6.45) is 0. The Kier molecular flexibility index (Phi) is 4.98. The summed E-state index contributed by atoms with van der Waals surface area (Å²) in [5, 5.41) is 4.45. The van der Waals surface area contributed by atoms with Crippen molar-refractivity contribution in [3.8, 4) is 11.6 Å². The second-order valence-electron chi connectivity index (χ2n) is 5.18. The standard InChI is InChI=1S/C17H13BrF2N2O3/c1-24-12-5-2-10(3-6-12)9-22-16(23)13-7-4-11(18)8-14(13)15(21-22)25-17(19)20/h2-8,17H,9H2,1H3. The van der Waals surface area contributed by atoms with Crippen LogP contribution >= 0.6 is 15.9 Å². The Balaban J connectivity index is 2.09. The first-order valence-corrected chi connectivity index (χ1v) is 8.05. The minimum Gasteiger partial charge on any atom is -0.497 e. The van der Waals surface area contributed by atoms with E-state index in [-0.39, 0.29) is 28.8 Å². The number of rotatable bonds is 5. The summed E-state index contributed by atoms with van der Waals surface area (Å²) in [6.45, 7) is -2.92. The molecule has 25 heavy (non-hydrogen) atoms. The van der Waals surface area contributed by atoms with Crippen LogP contribution in [0, 0.1) is 0 Å². The van der Waals surface area contributed by atoms with Gasteiger partial charge in [0.15, 0.2) is 0 Å². The molecule has 0 aliphatic carbocycles. The zero-order valence-electron chi connectivity index (χ0n) is 13.1. The van der Waals surface area contributed by atoms with E-state index in [1.165, 1.54) is 6.07 Å². The molecule has 2 aromatic carbocycles. The molecule has 5 nitrogen and oxygen atoms in total. The minimum atomic E-state index is -3.04. The van der Waals surface area contributed by atoms with Crippen molar-refractivity contribution in [2.45, 2.75) is 13.2 Å². The van der Waals surface area contributed by atoms with Crippen LogP contribution < -0.4 is 15.0 Å². The van der Waals surface area contributed by atoms with Gasteiger partial charge in [-0.15, -0.1) is 5.10 Å². The summed E-state index contributed by atoms with van der Waals surface area (Å²) in [6, 6.07) is 11.8. The highest BCUT2D eigenvalue weighted by Crippen LogP contribution is 2.25. The maximum absolute atomic E-state index is 12.7. The third-order valence-electron chi connectivity index (χ3n) is 3.58. The lowest BCUT2D eigenvalue weighted by Gasteiger charge is -2.12. The number of ether oxygens (including phenoxy) is 2. The molecule has 3 aromatic rings. The van der Waals surface area contributed by atoms with Gasteiger partial charge in [-0.25, -0.2) is 4.68 Å². The highest BCUT2D eigenvalue weighted by molar-refractivity contribution is 9.10. The second-order valence-corrected chi connectivity index (χ2v) is 6.10. The first kappa shape index (κ1) is 17.3. The largest absolute Gasteiger partial charge is 0.497 e. The summed E-state index contributed by atoms with van der Waals surface area (Å²) >= 11 is 3.25. The molecule has 0 spiro atoms. The van der Waals surface area contributed by atoms with Crippen molar-refractivity contribution >= 4 is 26.7 Å². The predicted octanol–water partition coefficient (Wildman–Crippen LogP) is 3.82. The molecular weight excluding hydrogens is 398 g/mol. The van der Waals surface area contributed by atoms with Gasteiger partial charge in [-0.05, 0) is 35.9 Å². The monoisotopic (exact) mass is 410 g/mol. The van der Waals surface area contributed by atoms with Gasteiger partial charge in [0.05, 0.1) is 24.4 Å². The lowest BCUT2D eigenvalue weighted by molar-refractivity contribution is -0.0527. The van der Waals surface area contributed by atoms with Crippen LogP contribution in [-0.4, -0.2) is 23.5 Å². The first-order valence-electron chi connectivity index (χ1n) is 7.26. The molecular formula is C17H13BrF2N2O3. The maximum atomic E-state index is 12.7. The highest BCUT2D eigenvalue weighted by Gasteiger charge is 2.16. The Labute approximate surface area is 149 Å². The van der Waals surface area contributed by atoms with Crippen molar-refractivity contribution in [2.75, 3.05) is 7.11 Å². The van der Waals surface area contributed by atoms with Crippen LogP contribution in [0.1, 0.15) is 5.56 Å². The van der Waals surface area contributed by atoms with Crippen molar-refractivity contribution in [3.05, 3.63) is 62.9 Å². The molecule has 0 unspecified atom stereocenters. The van der Waals surface area contributed by atoms with Gasteiger partial charge in [0.1, 0.15) is 5.75 Å². The molecule has 3 rings (SSSR count). The molecule has 0 amide bonds. The molecule has 0 N–H and O–H groups in total. The number of hydrogen-bond donors (Lipinski definition) is 0. The number of hydrogen-bond acceptors (Lipinski definition) is 4. The van der Waals surface area contributed by atoms with Crippen LogP contribution in [-0.2, 0) is 6.54 Å². The fourth-order valence-corrected chi connectivity index (χ4v) is 2.77. The highest BCUT2D eigenvalue weighted by atomic mass is 79.9. The normalized spacial score (nSPS) is 11.1. The fraction of sp³-hybridized carbons (Fsp3) is 0.176. The Morgan fingerprint density at radius 3 is 2.52 bits per heavy atom. The molecule has 1 aromatic heterocycles. The van der Waals surface area contributed by atoms with Gasteiger partial charge in [-0.3, -0.25) is 4.79 Å². The van der Waals surface area contributed by atoms with E-state index in [0.717, 1.165) is 10.2 Å². The zero-order chi connectivity index (χ0) is 18.0. The summed E-state index contributed by atoms with van der Waals surface area (Å²) in [5.74, 6) is 0.383. The van der Waals surface area contributed by atoms with E-state index >= 15 is 0 Å². The van der Waals surface area contributed by atoms with Crippen molar-refractivity contribution in [1.29, 1.82) is 0 Å². The van der Waals surface area contributed by atoms with Crippen molar-refractivity contribution in [1.82, 2.24) is 9.78 Å². The van der Waals surface area contributed by atoms with Crippen LogP contribution in [0.15, 0.2) is 51.7 Å². The number of benzene rings is 2. The molecule has 0 radical (unpaired) electrons. The van der Waals surface area contributed by atoms with Crippen LogP contribution in [0.3, 0.4) is 0 Å². The third kappa shape index (κ3) is 3.79. The molecule has 0 aliphatic rings. The Morgan fingerprint density at radius 1 is 1.16 bits per heavy atom. The summed E-state index contributed by atoms with van der Waals surface area (Å²) in [4.78, 5) is 12.6. The van der Waals surface area contributed by atoms with E-state index in [9.17, 15) is 13.6 Å². The van der Waals surface area contributed by atoms with Gasteiger partial charge in [0.2, 0.25) is 5.88 Å². The van der Waals surface area contributed by atoms with Crippen LogP contribution in [0.4, 0.5) is 8.78 Å². The molecule has 8 heteroatoms. The molecule has 0 saturated carbocycles. The van der Waals surface area contributed by atoms with Gasteiger partial charge in [0, 0.05) is 4.47 Å². The quantitative estimate of drug-likeness (QED) is 0.641. The Bertz CT molecular complexity index is 959. The minimum absolute atomic E-state index is 0.119. The van der Waals surface area contributed by atoms with E-state index in [1.54, 1.807) is 43.5 Å². The van der Waals surface area contributed by atoms with Gasteiger partial charge in [-0.2, -0.15) is 8.78 Å².